The van der Waals surface area contributed by atoms with Crippen LogP contribution in [0.1, 0.15) is 64.6 Å². The Hall–Kier alpha value is -1.02. The van der Waals surface area contributed by atoms with Gasteiger partial charge in [0.05, 0.1) is 7.11 Å². The molecule has 0 aromatic heterocycles. The first-order chi connectivity index (χ1) is 9.79. The Bertz CT molecular complexity index is 434. The van der Waals surface area contributed by atoms with Gasteiger partial charge in [-0.05, 0) is 54.8 Å². The molecule has 2 unspecified atom stereocenters. The molecule has 0 aliphatic rings. The maximum atomic E-state index is 5.38. The average molecular weight is 291 g/mol. The highest BCUT2D eigenvalue weighted by atomic mass is 16.5. The van der Waals surface area contributed by atoms with E-state index < -0.39 is 0 Å². The molecule has 0 bridgehead atoms. The van der Waals surface area contributed by atoms with Crippen molar-refractivity contribution in [2.75, 3.05) is 13.7 Å². The van der Waals surface area contributed by atoms with Crippen molar-refractivity contribution in [3.8, 4) is 5.75 Å². The van der Waals surface area contributed by atoms with Crippen molar-refractivity contribution >= 4 is 0 Å². The zero-order chi connectivity index (χ0) is 16.0. The lowest BCUT2D eigenvalue weighted by atomic mass is 9.77. The van der Waals surface area contributed by atoms with Crippen molar-refractivity contribution in [1.29, 1.82) is 0 Å². The summed E-state index contributed by atoms with van der Waals surface area (Å²) in [6.45, 7) is 14.7. The van der Waals surface area contributed by atoms with Crippen molar-refractivity contribution in [3.63, 3.8) is 0 Å². The molecular formula is C19H33NO. The highest BCUT2D eigenvalue weighted by Gasteiger charge is 2.24. The van der Waals surface area contributed by atoms with Gasteiger partial charge in [0.1, 0.15) is 5.75 Å². The lowest BCUT2D eigenvalue weighted by molar-refractivity contribution is 0.223. The summed E-state index contributed by atoms with van der Waals surface area (Å²) in [5.74, 6) is 1.63. The minimum atomic E-state index is 0.341. The molecule has 2 heteroatoms. The first-order valence-electron chi connectivity index (χ1n) is 8.17. The molecule has 0 radical (unpaired) electrons. The third-order valence-corrected chi connectivity index (χ3v) is 4.53. The van der Waals surface area contributed by atoms with Gasteiger partial charge in [-0.15, -0.1) is 0 Å². The Morgan fingerprint density at radius 1 is 1.24 bits per heavy atom. The second-order valence-corrected chi connectivity index (χ2v) is 7.24. The molecule has 0 aliphatic heterocycles. The van der Waals surface area contributed by atoms with Crippen LogP contribution < -0.4 is 10.1 Å². The molecule has 2 atom stereocenters. The molecular weight excluding hydrogens is 258 g/mol. The van der Waals surface area contributed by atoms with Crippen LogP contribution in [0, 0.1) is 18.3 Å². The summed E-state index contributed by atoms with van der Waals surface area (Å²) < 4.78 is 5.38. The molecule has 0 fully saturated rings. The van der Waals surface area contributed by atoms with E-state index in [0.29, 0.717) is 17.4 Å². The predicted molar refractivity (Wildman–Crippen MR) is 92.0 cm³/mol. The molecule has 21 heavy (non-hydrogen) atoms. The number of ether oxygens (including phenoxy) is 1. The maximum absolute atomic E-state index is 5.38. The summed E-state index contributed by atoms with van der Waals surface area (Å²) in [5, 5.41) is 3.71. The fourth-order valence-electron chi connectivity index (χ4n) is 2.48. The summed E-state index contributed by atoms with van der Waals surface area (Å²) >= 11 is 0. The molecule has 1 aromatic carbocycles. The van der Waals surface area contributed by atoms with E-state index >= 15 is 0 Å². The zero-order valence-corrected chi connectivity index (χ0v) is 14.9. The van der Waals surface area contributed by atoms with Crippen LogP contribution in [0.25, 0.3) is 0 Å². The Balaban J connectivity index is 2.93. The third-order valence-electron chi connectivity index (χ3n) is 4.53. The topological polar surface area (TPSA) is 21.3 Å². The maximum Gasteiger partial charge on any atom is 0.121 e. The van der Waals surface area contributed by atoms with Crippen molar-refractivity contribution in [2.45, 2.75) is 60.4 Å². The number of hydrogen-bond acceptors (Lipinski definition) is 2. The summed E-state index contributed by atoms with van der Waals surface area (Å²) in [7, 11) is 1.73. The summed E-state index contributed by atoms with van der Waals surface area (Å²) in [6, 6.07) is 6.98. The lowest BCUT2D eigenvalue weighted by Gasteiger charge is -2.31. The van der Waals surface area contributed by atoms with Crippen molar-refractivity contribution < 1.29 is 4.74 Å². The van der Waals surface area contributed by atoms with Crippen LogP contribution in [0.4, 0.5) is 0 Å². The molecule has 0 amide bonds. The van der Waals surface area contributed by atoms with Crippen LogP contribution in [0.2, 0.25) is 0 Å². The largest absolute Gasteiger partial charge is 0.496 e. The van der Waals surface area contributed by atoms with Gasteiger partial charge in [-0.2, -0.15) is 0 Å². The first-order valence-corrected chi connectivity index (χ1v) is 8.17. The van der Waals surface area contributed by atoms with Gasteiger partial charge >= 0.3 is 0 Å². The second-order valence-electron chi connectivity index (χ2n) is 7.24. The molecule has 1 aromatic rings. The summed E-state index contributed by atoms with van der Waals surface area (Å²) in [5.41, 5.74) is 2.92. The molecule has 0 saturated carbocycles. The molecule has 2 nitrogen and oxygen atoms in total. The SMILES string of the molecule is CCCNC(CC(C)C(C)(C)C)c1ccc(OC)c(C)c1. The van der Waals surface area contributed by atoms with Crippen LogP contribution in [-0.4, -0.2) is 13.7 Å². The van der Waals surface area contributed by atoms with Gasteiger partial charge in [0.2, 0.25) is 0 Å². The zero-order valence-electron chi connectivity index (χ0n) is 14.9. The van der Waals surface area contributed by atoms with Gasteiger partial charge in [-0.25, -0.2) is 0 Å². The minimum Gasteiger partial charge on any atom is -0.496 e. The van der Waals surface area contributed by atoms with E-state index in [-0.39, 0.29) is 0 Å². The molecule has 0 saturated heterocycles. The molecule has 0 aliphatic carbocycles. The van der Waals surface area contributed by atoms with E-state index in [4.69, 9.17) is 4.74 Å². The smallest absolute Gasteiger partial charge is 0.121 e. The Morgan fingerprint density at radius 2 is 1.90 bits per heavy atom. The Labute approximate surface area is 131 Å². The Kier molecular flexibility index (Phi) is 6.73. The van der Waals surface area contributed by atoms with E-state index in [1.807, 2.05) is 0 Å². The number of aryl methyl sites for hydroxylation is 1. The normalized spacial score (nSPS) is 14.8. The number of methoxy groups -OCH3 is 1. The van der Waals surface area contributed by atoms with Gasteiger partial charge in [0, 0.05) is 6.04 Å². The van der Waals surface area contributed by atoms with E-state index in [1.165, 1.54) is 11.1 Å². The first kappa shape index (κ1) is 18.0. The van der Waals surface area contributed by atoms with Crippen LogP contribution >= 0.6 is 0 Å². The summed E-state index contributed by atoms with van der Waals surface area (Å²) in [4.78, 5) is 0. The van der Waals surface area contributed by atoms with E-state index in [1.54, 1.807) is 7.11 Å². The van der Waals surface area contributed by atoms with Crippen molar-refractivity contribution in [2.24, 2.45) is 11.3 Å². The average Bonchev–Trinajstić information content (AvgIpc) is 2.42. The lowest BCUT2D eigenvalue weighted by Crippen LogP contribution is -2.28. The van der Waals surface area contributed by atoms with Gasteiger partial charge in [-0.3, -0.25) is 0 Å². The fraction of sp³-hybridized carbons (Fsp3) is 0.684. The highest BCUT2D eigenvalue weighted by Crippen LogP contribution is 2.34. The standard InChI is InChI=1S/C19H33NO/c1-8-11-20-17(13-15(3)19(4,5)6)16-9-10-18(21-7)14(2)12-16/h9-10,12,15,17,20H,8,11,13H2,1-7H3. The molecule has 0 heterocycles. The molecule has 1 N–H and O–H groups in total. The van der Waals surface area contributed by atoms with Gasteiger partial charge in [0.25, 0.3) is 0 Å². The number of rotatable bonds is 7. The minimum absolute atomic E-state index is 0.341. The van der Waals surface area contributed by atoms with Crippen LogP contribution in [0.3, 0.4) is 0 Å². The molecule has 0 spiro atoms. The van der Waals surface area contributed by atoms with Gasteiger partial charge in [0.15, 0.2) is 0 Å². The van der Waals surface area contributed by atoms with Crippen LogP contribution in [-0.2, 0) is 0 Å². The van der Waals surface area contributed by atoms with Crippen molar-refractivity contribution in [1.82, 2.24) is 5.32 Å². The number of benzene rings is 1. The fourth-order valence-corrected chi connectivity index (χ4v) is 2.48. The van der Waals surface area contributed by atoms with Crippen molar-refractivity contribution in [3.05, 3.63) is 29.3 Å². The second kappa shape index (κ2) is 7.84. The van der Waals surface area contributed by atoms with Gasteiger partial charge < -0.3 is 10.1 Å². The molecule has 120 valence electrons. The highest BCUT2D eigenvalue weighted by molar-refractivity contribution is 5.37. The quantitative estimate of drug-likeness (QED) is 0.753. The Morgan fingerprint density at radius 3 is 2.38 bits per heavy atom. The van der Waals surface area contributed by atoms with E-state index in [2.05, 4.69) is 65.1 Å². The van der Waals surface area contributed by atoms with E-state index in [0.717, 1.165) is 25.1 Å². The monoisotopic (exact) mass is 291 g/mol. The number of nitrogens with one attached hydrogen (secondary N) is 1. The predicted octanol–water partition coefficient (Wildman–Crippen LogP) is 5.12. The third kappa shape index (κ3) is 5.35. The molecule has 1 rings (SSSR count). The number of hydrogen-bond donors (Lipinski definition) is 1. The van der Waals surface area contributed by atoms with Crippen LogP contribution in [0.5, 0.6) is 5.75 Å². The summed E-state index contributed by atoms with van der Waals surface area (Å²) in [6.07, 6.45) is 2.32. The van der Waals surface area contributed by atoms with Crippen LogP contribution in [0.15, 0.2) is 18.2 Å². The van der Waals surface area contributed by atoms with Gasteiger partial charge in [-0.1, -0.05) is 46.8 Å². The van der Waals surface area contributed by atoms with E-state index in [9.17, 15) is 0 Å².